The lowest BCUT2D eigenvalue weighted by atomic mass is 9.92. The molecule has 6 nitrogen and oxygen atoms in total. The fraction of sp³-hybridized carbons (Fsp3) is 0.235. The van der Waals surface area contributed by atoms with E-state index in [1.807, 2.05) is 0 Å². The average Bonchev–Trinajstić information content (AvgIpc) is 2.52. The molecule has 0 radical (unpaired) electrons. The molecule has 132 valence electrons. The number of esters is 1. The van der Waals surface area contributed by atoms with Gasteiger partial charge in [0.1, 0.15) is 0 Å². The predicted molar refractivity (Wildman–Crippen MR) is 94.8 cm³/mol. The second kappa shape index (κ2) is 7.33. The number of pyridine rings is 1. The summed E-state index contributed by atoms with van der Waals surface area (Å²) in [6.45, 7) is 3.12. The Morgan fingerprint density at radius 2 is 1.80 bits per heavy atom. The van der Waals surface area contributed by atoms with Gasteiger partial charge in [-0.15, -0.1) is 0 Å². The summed E-state index contributed by atoms with van der Waals surface area (Å²) in [6.07, 6.45) is 1.46. The average molecular weight is 382 g/mol. The second-order valence-electron chi connectivity index (χ2n) is 5.30. The van der Waals surface area contributed by atoms with Gasteiger partial charge in [-0.05, 0) is 32.0 Å². The van der Waals surface area contributed by atoms with Gasteiger partial charge in [0.2, 0.25) is 0 Å². The SMILES string of the molecule is COC(=O)c1c(C)nc(C)c(C(=O)O)c1-c1cc(Cl)ccc1S(C)=O. The fourth-order valence-electron chi connectivity index (χ4n) is 2.68. The maximum absolute atomic E-state index is 12.3. The summed E-state index contributed by atoms with van der Waals surface area (Å²) in [5.41, 5.74) is 0.828. The van der Waals surface area contributed by atoms with E-state index in [0.717, 1.165) is 0 Å². The van der Waals surface area contributed by atoms with Crippen molar-refractivity contribution in [3.63, 3.8) is 0 Å². The smallest absolute Gasteiger partial charge is 0.340 e. The van der Waals surface area contributed by atoms with E-state index in [2.05, 4.69) is 4.98 Å². The van der Waals surface area contributed by atoms with E-state index in [1.54, 1.807) is 19.1 Å². The van der Waals surface area contributed by atoms with Crippen molar-refractivity contribution in [2.75, 3.05) is 13.4 Å². The van der Waals surface area contributed by atoms with Crippen LogP contribution in [0.3, 0.4) is 0 Å². The zero-order valence-electron chi connectivity index (χ0n) is 14.0. The zero-order chi connectivity index (χ0) is 18.9. The number of carboxylic acid groups (broad SMARTS) is 1. The standard InChI is InChI=1S/C17H16ClNO5S/c1-8-13(16(20)21)15(14(9(2)19-8)17(22)24-3)11-7-10(18)5-6-12(11)25(4)23/h5-7H,1-4H3,(H,20,21). The number of halogens is 1. The molecule has 0 fully saturated rings. The summed E-state index contributed by atoms with van der Waals surface area (Å²) in [7, 11) is -0.234. The van der Waals surface area contributed by atoms with Crippen molar-refractivity contribution in [3.8, 4) is 11.1 Å². The third kappa shape index (κ3) is 3.57. The van der Waals surface area contributed by atoms with Crippen LogP contribution in [-0.2, 0) is 15.5 Å². The molecule has 0 aliphatic rings. The van der Waals surface area contributed by atoms with Crippen LogP contribution in [0.4, 0.5) is 0 Å². The number of carboxylic acids is 1. The Balaban J connectivity index is 3.08. The molecule has 0 saturated heterocycles. The van der Waals surface area contributed by atoms with Gasteiger partial charge in [-0.1, -0.05) is 11.6 Å². The number of hydrogen-bond donors (Lipinski definition) is 1. The number of carbonyl (C=O) groups is 2. The quantitative estimate of drug-likeness (QED) is 0.817. The highest BCUT2D eigenvalue weighted by atomic mass is 35.5. The van der Waals surface area contributed by atoms with Gasteiger partial charge in [-0.3, -0.25) is 9.19 Å². The van der Waals surface area contributed by atoms with Gasteiger partial charge >= 0.3 is 11.9 Å². The van der Waals surface area contributed by atoms with Crippen molar-refractivity contribution in [2.24, 2.45) is 0 Å². The molecule has 0 aliphatic carbocycles. The Morgan fingerprint density at radius 1 is 1.20 bits per heavy atom. The first-order valence-corrected chi connectivity index (χ1v) is 9.08. The van der Waals surface area contributed by atoms with Gasteiger partial charge in [0, 0.05) is 27.3 Å². The molecule has 0 aliphatic heterocycles. The number of nitrogens with zero attached hydrogens (tertiary/aromatic N) is 1. The zero-order valence-corrected chi connectivity index (χ0v) is 15.6. The molecule has 0 saturated carbocycles. The molecular formula is C17H16ClNO5S. The predicted octanol–water partition coefficient (Wildman–Crippen LogP) is 3.24. The van der Waals surface area contributed by atoms with Gasteiger partial charge in [-0.25, -0.2) is 9.59 Å². The lowest BCUT2D eigenvalue weighted by molar-refractivity contribution is 0.0600. The maximum atomic E-state index is 12.3. The van der Waals surface area contributed by atoms with Crippen LogP contribution >= 0.6 is 11.6 Å². The number of ether oxygens (including phenoxy) is 1. The minimum atomic E-state index is -1.43. The van der Waals surface area contributed by atoms with Gasteiger partial charge < -0.3 is 9.84 Å². The number of aryl methyl sites for hydroxylation is 2. The lowest BCUT2D eigenvalue weighted by Gasteiger charge is -2.18. The van der Waals surface area contributed by atoms with E-state index in [-0.39, 0.29) is 22.4 Å². The highest BCUT2D eigenvalue weighted by Gasteiger charge is 2.28. The van der Waals surface area contributed by atoms with Crippen molar-refractivity contribution in [3.05, 3.63) is 45.7 Å². The van der Waals surface area contributed by atoms with Gasteiger partial charge in [0.25, 0.3) is 0 Å². The van der Waals surface area contributed by atoms with E-state index in [0.29, 0.717) is 21.2 Å². The lowest BCUT2D eigenvalue weighted by Crippen LogP contribution is -2.15. The van der Waals surface area contributed by atoms with Crippen molar-refractivity contribution in [1.29, 1.82) is 0 Å². The molecule has 1 unspecified atom stereocenters. The van der Waals surface area contributed by atoms with Crippen molar-refractivity contribution >= 4 is 34.3 Å². The second-order valence-corrected chi connectivity index (χ2v) is 7.08. The van der Waals surface area contributed by atoms with Crippen LogP contribution in [0.2, 0.25) is 5.02 Å². The molecule has 1 N–H and O–H groups in total. The highest BCUT2D eigenvalue weighted by molar-refractivity contribution is 7.84. The summed E-state index contributed by atoms with van der Waals surface area (Å²) < 4.78 is 16.9. The molecule has 0 bridgehead atoms. The summed E-state index contributed by atoms with van der Waals surface area (Å²) in [5, 5.41) is 10.00. The summed E-state index contributed by atoms with van der Waals surface area (Å²) in [4.78, 5) is 28.7. The summed E-state index contributed by atoms with van der Waals surface area (Å²) >= 11 is 6.07. The first-order chi connectivity index (χ1) is 11.7. The molecule has 0 spiro atoms. The Bertz CT molecular complexity index is 910. The van der Waals surface area contributed by atoms with E-state index < -0.39 is 22.7 Å². The number of hydrogen-bond acceptors (Lipinski definition) is 5. The number of methoxy groups -OCH3 is 1. The van der Waals surface area contributed by atoms with Crippen LogP contribution < -0.4 is 0 Å². The topological polar surface area (TPSA) is 93.6 Å². The van der Waals surface area contributed by atoms with Gasteiger partial charge in [0.15, 0.2) is 0 Å². The van der Waals surface area contributed by atoms with Crippen LogP contribution in [0.5, 0.6) is 0 Å². The molecule has 1 atom stereocenters. The molecular weight excluding hydrogens is 366 g/mol. The van der Waals surface area contributed by atoms with Crippen LogP contribution in [0.25, 0.3) is 11.1 Å². The van der Waals surface area contributed by atoms with E-state index in [4.69, 9.17) is 16.3 Å². The molecule has 8 heteroatoms. The van der Waals surface area contributed by atoms with Crippen LogP contribution in [-0.4, -0.2) is 39.6 Å². The number of aromatic carboxylic acids is 1. The monoisotopic (exact) mass is 381 g/mol. The third-order valence-electron chi connectivity index (χ3n) is 3.68. The normalized spacial score (nSPS) is 11.9. The Hall–Kier alpha value is -2.25. The Labute approximate surface area is 152 Å². The third-order valence-corrected chi connectivity index (χ3v) is 4.89. The minimum Gasteiger partial charge on any atom is -0.478 e. The molecule has 25 heavy (non-hydrogen) atoms. The molecule has 0 amide bonds. The summed E-state index contributed by atoms with van der Waals surface area (Å²) in [5.74, 6) is -1.98. The number of benzene rings is 1. The van der Waals surface area contributed by atoms with E-state index >= 15 is 0 Å². The summed E-state index contributed by atoms with van der Waals surface area (Å²) in [6, 6.07) is 4.60. The Morgan fingerprint density at radius 3 is 2.32 bits per heavy atom. The number of aromatic nitrogens is 1. The van der Waals surface area contributed by atoms with E-state index in [1.165, 1.54) is 26.4 Å². The van der Waals surface area contributed by atoms with Gasteiger partial charge in [0.05, 0.1) is 40.4 Å². The van der Waals surface area contributed by atoms with Crippen LogP contribution in [0, 0.1) is 13.8 Å². The van der Waals surface area contributed by atoms with Crippen molar-refractivity contribution in [2.45, 2.75) is 18.7 Å². The molecule has 1 aromatic carbocycles. The Kier molecular flexibility index (Phi) is 5.59. The number of carbonyl (C=O) groups excluding carboxylic acids is 1. The molecule has 2 aromatic rings. The molecule has 1 heterocycles. The maximum Gasteiger partial charge on any atom is 0.340 e. The molecule has 2 rings (SSSR count). The fourth-order valence-corrected chi connectivity index (χ4v) is 3.58. The molecule has 1 aromatic heterocycles. The van der Waals surface area contributed by atoms with Crippen LogP contribution in [0.1, 0.15) is 32.1 Å². The van der Waals surface area contributed by atoms with Crippen LogP contribution in [0.15, 0.2) is 23.1 Å². The van der Waals surface area contributed by atoms with E-state index in [9.17, 15) is 18.9 Å². The van der Waals surface area contributed by atoms with Crippen molar-refractivity contribution < 1.29 is 23.6 Å². The number of rotatable bonds is 4. The first kappa shape index (κ1) is 19.1. The van der Waals surface area contributed by atoms with Crippen molar-refractivity contribution in [1.82, 2.24) is 4.98 Å². The highest BCUT2D eigenvalue weighted by Crippen LogP contribution is 2.36. The first-order valence-electron chi connectivity index (χ1n) is 7.15. The largest absolute Gasteiger partial charge is 0.478 e. The van der Waals surface area contributed by atoms with Gasteiger partial charge in [-0.2, -0.15) is 0 Å². The minimum absolute atomic E-state index is 0.0134.